The number of amides is 2. The van der Waals surface area contributed by atoms with E-state index in [-0.39, 0.29) is 37.8 Å². The molecule has 0 spiro atoms. The van der Waals surface area contributed by atoms with Gasteiger partial charge in [-0.1, -0.05) is 30.3 Å². The minimum absolute atomic E-state index is 0.0707. The zero-order valence-electron chi connectivity index (χ0n) is 20.0. The molecule has 1 aliphatic heterocycles. The van der Waals surface area contributed by atoms with Crippen molar-refractivity contribution in [1.29, 1.82) is 0 Å². The monoisotopic (exact) mass is 525 g/mol. The van der Waals surface area contributed by atoms with E-state index < -0.39 is 45.8 Å². The molecule has 0 bridgehead atoms. The topological polar surface area (TPSA) is 223 Å². The molecule has 2 rings (SSSR count). The SMILES string of the molecule is NC(N)=NCCCC(CNC(=O)[C@@H]1CCCN1C(=O)[C@H](N)Cc1ccccc1)S(=O)(=O)NCC(=O)O. The fourth-order valence-corrected chi connectivity index (χ4v) is 5.32. The van der Waals surface area contributed by atoms with Crippen LogP contribution in [0.5, 0.6) is 0 Å². The molecule has 0 radical (unpaired) electrons. The highest BCUT2D eigenvalue weighted by Crippen LogP contribution is 2.19. The van der Waals surface area contributed by atoms with Crippen LogP contribution < -0.4 is 27.2 Å². The number of carbonyl (C=O) groups excluding carboxylic acids is 2. The highest BCUT2D eigenvalue weighted by molar-refractivity contribution is 7.90. The Bertz CT molecular complexity index is 1030. The molecule has 1 saturated heterocycles. The highest BCUT2D eigenvalue weighted by Gasteiger charge is 2.37. The van der Waals surface area contributed by atoms with Crippen LogP contribution in [-0.4, -0.2) is 85.7 Å². The normalized spacial score (nSPS) is 17.2. The predicted octanol–water partition coefficient (Wildman–Crippen LogP) is -1.91. The number of carbonyl (C=O) groups is 3. The Morgan fingerprint density at radius 1 is 1.19 bits per heavy atom. The predicted molar refractivity (Wildman–Crippen MR) is 134 cm³/mol. The maximum atomic E-state index is 13.0. The third-order valence-electron chi connectivity index (χ3n) is 5.80. The fraction of sp³-hybridized carbons (Fsp3) is 0.545. The molecule has 1 fully saturated rings. The summed E-state index contributed by atoms with van der Waals surface area (Å²) >= 11 is 0. The van der Waals surface area contributed by atoms with Gasteiger partial charge in [0, 0.05) is 19.6 Å². The number of hydrogen-bond donors (Lipinski definition) is 6. The van der Waals surface area contributed by atoms with E-state index in [2.05, 4.69) is 10.3 Å². The van der Waals surface area contributed by atoms with Gasteiger partial charge in [0.2, 0.25) is 21.8 Å². The van der Waals surface area contributed by atoms with Crippen molar-refractivity contribution < 1.29 is 27.9 Å². The number of nitrogens with zero attached hydrogens (tertiary/aromatic N) is 2. The van der Waals surface area contributed by atoms with E-state index in [0.717, 1.165) is 5.56 Å². The number of rotatable bonds is 14. The van der Waals surface area contributed by atoms with Crippen LogP contribution in [0.1, 0.15) is 31.2 Å². The molecule has 0 aliphatic carbocycles. The third-order valence-corrected chi connectivity index (χ3v) is 7.63. The van der Waals surface area contributed by atoms with Crippen LogP contribution >= 0.6 is 0 Å². The Labute approximate surface area is 210 Å². The lowest BCUT2D eigenvalue weighted by molar-refractivity contribution is -0.139. The van der Waals surface area contributed by atoms with Gasteiger partial charge in [-0.3, -0.25) is 19.4 Å². The van der Waals surface area contributed by atoms with E-state index >= 15 is 0 Å². The number of aliphatic carboxylic acids is 1. The van der Waals surface area contributed by atoms with Crippen molar-refractivity contribution >= 4 is 33.8 Å². The molecule has 2 amide bonds. The molecule has 14 heteroatoms. The summed E-state index contributed by atoms with van der Waals surface area (Å²) in [6.45, 7) is -0.514. The van der Waals surface area contributed by atoms with Gasteiger partial charge in [0.25, 0.3) is 0 Å². The van der Waals surface area contributed by atoms with Gasteiger partial charge >= 0.3 is 5.97 Å². The van der Waals surface area contributed by atoms with Crippen LogP contribution in [0.3, 0.4) is 0 Å². The minimum atomic E-state index is -4.07. The average Bonchev–Trinajstić information content (AvgIpc) is 3.32. The van der Waals surface area contributed by atoms with Crippen molar-refractivity contribution in [3.63, 3.8) is 0 Å². The van der Waals surface area contributed by atoms with Crippen molar-refractivity contribution in [2.45, 2.75) is 49.4 Å². The number of sulfonamides is 1. The van der Waals surface area contributed by atoms with Crippen LogP contribution in [0, 0.1) is 0 Å². The summed E-state index contributed by atoms with van der Waals surface area (Å²) in [5, 5.41) is 10.3. The van der Waals surface area contributed by atoms with Crippen molar-refractivity contribution in [2.24, 2.45) is 22.2 Å². The Morgan fingerprint density at radius 3 is 2.53 bits per heavy atom. The number of guanidine groups is 1. The van der Waals surface area contributed by atoms with Gasteiger partial charge in [0.05, 0.1) is 11.3 Å². The summed E-state index contributed by atoms with van der Waals surface area (Å²) in [6.07, 6.45) is 1.73. The van der Waals surface area contributed by atoms with Crippen LogP contribution in [0.25, 0.3) is 0 Å². The van der Waals surface area contributed by atoms with Crippen molar-refractivity contribution in [2.75, 3.05) is 26.2 Å². The first-order chi connectivity index (χ1) is 17.0. The van der Waals surface area contributed by atoms with Crippen molar-refractivity contribution in [3.05, 3.63) is 35.9 Å². The first-order valence-corrected chi connectivity index (χ1v) is 13.2. The van der Waals surface area contributed by atoms with Crippen LogP contribution in [-0.2, 0) is 30.8 Å². The molecule has 1 heterocycles. The van der Waals surface area contributed by atoms with E-state index in [1.807, 2.05) is 35.1 Å². The Kier molecular flexibility index (Phi) is 11.1. The molecule has 1 aliphatic rings. The second-order valence-electron chi connectivity index (χ2n) is 8.56. The van der Waals surface area contributed by atoms with Crippen molar-refractivity contribution in [3.8, 4) is 0 Å². The maximum Gasteiger partial charge on any atom is 0.318 e. The first kappa shape index (κ1) is 29.0. The molecule has 13 nitrogen and oxygen atoms in total. The summed E-state index contributed by atoms with van der Waals surface area (Å²) < 4.78 is 27.3. The van der Waals surface area contributed by atoms with Gasteiger partial charge in [-0.25, -0.2) is 13.1 Å². The van der Waals surface area contributed by atoms with Gasteiger partial charge in [-0.2, -0.15) is 0 Å². The van der Waals surface area contributed by atoms with E-state index in [1.54, 1.807) is 0 Å². The van der Waals surface area contributed by atoms with Gasteiger partial charge < -0.3 is 32.5 Å². The number of nitrogens with one attached hydrogen (secondary N) is 2. The molecule has 3 atom stereocenters. The molecule has 1 aromatic rings. The number of carboxylic acid groups (broad SMARTS) is 1. The molecular weight excluding hydrogens is 490 g/mol. The number of benzene rings is 1. The second-order valence-corrected chi connectivity index (χ2v) is 10.6. The molecule has 1 aromatic carbocycles. The number of carboxylic acids is 1. The lowest BCUT2D eigenvalue weighted by atomic mass is 10.1. The average molecular weight is 526 g/mol. The van der Waals surface area contributed by atoms with E-state index in [0.29, 0.717) is 25.8 Å². The number of nitrogens with two attached hydrogens (primary N) is 3. The van der Waals surface area contributed by atoms with Crippen LogP contribution in [0.2, 0.25) is 0 Å². The highest BCUT2D eigenvalue weighted by atomic mass is 32.2. The zero-order valence-corrected chi connectivity index (χ0v) is 20.8. The quantitative estimate of drug-likeness (QED) is 0.0904. The second kappa shape index (κ2) is 13.8. The zero-order chi connectivity index (χ0) is 26.7. The summed E-state index contributed by atoms with van der Waals surface area (Å²) in [5.74, 6) is -2.31. The van der Waals surface area contributed by atoms with Gasteiger partial charge in [0.1, 0.15) is 12.6 Å². The number of hydrogen-bond acceptors (Lipinski definition) is 7. The van der Waals surface area contributed by atoms with Crippen LogP contribution in [0.15, 0.2) is 35.3 Å². The van der Waals surface area contributed by atoms with Gasteiger partial charge in [-0.05, 0) is 37.7 Å². The molecule has 0 aromatic heterocycles. The largest absolute Gasteiger partial charge is 0.480 e. The minimum Gasteiger partial charge on any atom is -0.480 e. The molecule has 1 unspecified atom stereocenters. The Hall–Kier alpha value is -3.23. The molecule has 0 saturated carbocycles. The van der Waals surface area contributed by atoms with E-state index in [1.165, 1.54) is 4.90 Å². The fourth-order valence-electron chi connectivity index (χ4n) is 3.98. The van der Waals surface area contributed by atoms with E-state index in [4.69, 9.17) is 22.3 Å². The first-order valence-electron chi connectivity index (χ1n) is 11.6. The Morgan fingerprint density at radius 2 is 1.89 bits per heavy atom. The number of likely N-dealkylation sites (tertiary alicyclic amines) is 1. The molecule has 36 heavy (non-hydrogen) atoms. The standard InChI is InChI=1S/C22H35N7O6S/c23-17(12-15-6-2-1-3-7-15)21(33)29-11-5-9-18(29)20(32)27-13-16(8-4-10-26-22(24)25)36(34,35)28-14-19(30)31/h1-3,6-7,16-18,28H,4-5,8-14,23H2,(H,27,32)(H,30,31)(H4,24,25,26)/t16?,17-,18+/m1/s1. The molecular formula is C22H35N7O6S. The summed E-state index contributed by atoms with van der Waals surface area (Å²) in [6, 6.07) is 7.72. The Balaban J connectivity index is 2.01. The van der Waals surface area contributed by atoms with Crippen molar-refractivity contribution in [1.82, 2.24) is 14.9 Å². The van der Waals surface area contributed by atoms with Crippen LogP contribution in [0.4, 0.5) is 0 Å². The third kappa shape index (κ3) is 9.09. The van der Waals surface area contributed by atoms with Gasteiger partial charge in [-0.15, -0.1) is 0 Å². The maximum absolute atomic E-state index is 13.0. The summed E-state index contributed by atoms with van der Waals surface area (Å²) in [5.41, 5.74) is 17.6. The lowest BCUT2D eigenvalue weighted by Gasteiger charge is -2.27. The molecule has 9 N–H and O–H groups in total. The van der Waals surface area contributed by atoms with Gasteiger partial charge in [0.15, 0.2) is 5.96 Å². The molecule has 200 valence electrons. The van der Waals surface area contributed by atoms with E-state index in [9.17, 15) is 22.8 Å². The smallest absolute Gasteiger partial charge is 0.318 e. The summed E-state index contributed by atoms with van der Waals surface area (Å²) in [7, 11) is -4.07. The lowest BCUT2D eigenvalue weighted by Crippen LogP contribution is -2.53. The number of aliphatic imine (C=N–C) groups is 1. The summed E-state index contributed by atoms with van der Waals surface area (Å²) in [4.78, 5) is 42.0.